The molecule has 1 unspecified atom stereocenters. The van der Waals surface area contributed by atoms with Crippen molar-refractivity contribution in [2.75, 3.05) is 13.8 Å². The number of benzene rings is 2. The van der Waals surface area contributed by atoms with Crippen LogP contribution in [0.4, 0.5) is 0 Å². The lowest BCUT2D eigenvalue weighted by molar-refractivity contribution is -0.133. The van der Waals surface area contributed by atoms with E-state index < -0.39 is 6.04 Å². The zero-order valence-corrected chi connectivity index (χ0v) is 19.2. The Labute approximate surface area is 184 Å². The molecule has 1 N–H and O–H groups in total. The van der Waals surface area contributed by atoms with E-state index in [1.165, 1.54) is 0 Å². The molecule has 0 aliphatic carbocycles. The van der Waals surface area contributed by atoms with Gasteiger partial charge in [-0.2, -0.15) is 0 Å². The Kier molecular flexibility index (Phi) is 6.58. The fraction of sp³-hybridized carbons (Fsp3) is 0.440. The minimum absolute atomic E-state index is 0.0167. The fourth-order valence-corrected chi connectivity index (χ4v) is 3.49. The molecule has 0 spiro atoms. The van der Waals surface area contributed by atoms with Gasteiger partial charge in [0.1, 0.15) is 6.04 Å². The Hall–Kier alpha value is -3.02. The number of nitrogens with one attached hydrogen (secondary N) is 1. The molecule has 31 heavy (non-hydrogen) atoms. The summed E-state index contributed by atoms with van der Waals surface area (Å²) < 4.78 is 10.8. The summed E-state index contributed by atoms with van der Waals surface area (Å²) in [6.45, 7) is 10.9. The lowest BCUT2D eigenvalue weighted by Crippen LogP contribution is -2.50. The third kappa shape index (κ3) is 5.37. The quantitative estimate of drug-likeness (QED) is 0.757. The van der Waals surface area contributed by atoms with Crippen molar-refractivity contribution in [3.05, 3.63) is 59.2 Å². The van der Waals surface area contributed by atoms with Crippen molar-refractivity contribution in [1.29, 1.82) is 0 Å². The predicted octanol–water partition coefficient (Wildman–Crippen LogP) is 4.13. The first-order valence-electron chi connectivity index (χ1n) is 10.6. The van der Waals surface area contributed by atoms with Gasteiger partial charge in [-0.15, -0.1) is 0 Å². The number of likely N-dealkylation sites (N-methyl/N-ethyl adjacent to an activating group) is 1. The van der Waals surface area contributed by atoms with E-state index in [-0.39, 0.29) is 29.9 Å². The maximum atomic E-state index is 13.1. The summed E-state index contributed by atoms with van der Waals surface area (Å²) in [4.78, 5) is 27.6. The molecule has 2 aromatic carbocycles. The minimum atomic E-state index is -0.617. The van der Waals surface area contributed by atoms with Crippen LogP contribution in [0.15, 0.2) is 42.5 Å². The van der Waals surface area contributed by atoms with Crippen LogP contribution in [0.25, 0.3) is 0 Å². The summed E-state index contributed by atoms with van der Waals surface area (Å²) >= 11 is 0. The number of amides is 2. The summed E-state index contributed by atoms with van der Waals surface area (Å²) in [5.41, 5.74) is 2.66. The van der Waals surface area contributed by atoms with E-state index in [1.54, 1.807) is 11.9 Å². The van der Waals surface area contributed by atoms with Gasteiger partial charge in [0.2, 0.25) is 12.7 Å². The van der Waals surface area contributed by atoms with Gasteiger partial charge in [0.15, 0.2) is 11.5 Å². The number of nitrogens with zero attached hydrogens (tertiary/aromatic N) is 1. The average molecular weight is 425 g/mol. The van der Waals surface area contributed by atoms with Gasteiger partial charge in [-0.1, -0.05) is 52.8 Å². The highest BCUT2D eigenvalue weighted by atomic mass is 16.7. The zero-order chi connectivity index (χ0) is 22.8. The molecule has 2 aromatic rings. The topological polar surface area (TPSA) is 67.9 Å². The van der Waals surface area contributed by atoms with Gasteiger partial charge in [-0.05, 0) is 46.7 Å². The molecule has 0 saturated carbocycles. The van der Waals surface area contributed by atoms with E-state index in [4.69, 9.17) is 9.47 Å². The maximum absolute atomic E-state index is 13.1. The van der Waals surface area contributed by atoms with E-state index in [0.717, 1.165) is 11.1 Å². The lowest BCUT2D eigenvalue weighted by atomic mass is 9.86. The number of hydrogen-bond acceptors (Lipinski definition) is 4. The third-order valence-corrected chi connectivity index (χ3v) is 5.47. The summed E-state index contributed by atoms with van der Waals surface area (Å²) in [6, 6.07) is 12.6. The van der Waals surface area contributed by atoms with Crippen LogP contribution in [-0.2, 0) is 16.8 Å². The first-order valence-corrected chi connectivity index (χ1v) is 10.6. The van der Waals surface area contributed by atoms with Crippen molar-refractivity contribution in [2.45, 2.75) is 52.6 Å². The Bertz CT molecular complexity index is 945. The number of fused-ring (bicyclic) bond motifs is 1. The molecular formula is C25H32N2O4. The molecule has 1 atom stereocenters. The average Bonchev–Trinajstić information content (AvgIpc) is 3.18. The predicted molar refractivity (Wildman–Crippen MR) is 120 cm³/mol. The molecule has 0 radical (unpaired) electrons. The van der Waals surface area contributed by atoms with Crippen LogP contribution in [0.3, 0.4) is 0 Å². The molecule has 0 fully saturated rings. The zero-order valence-electron chi connectivity index (χ0n) is 19.2. The van der Waals surface area contributed by atoms with Crippen LogP contribution >= 0.6 is 0 Å². The number of rotatable bonds is 6. The SMILES string of the molecule is CC(C)C(NC(=O)c1ccc(C(C)(C)C)cc1)C(=O)N(C)Cc1ccc2c(c1)OCO2. The Morgan fingerprint density at radius 2 is 1.68 bits per heavy atom. The lowest BCUT2D eigenvalue weighted by Gasteiger charge is -2.27. The first-order chi connectivity index (χ1) is 14.6. The van der Waals surface area contributed by atoms with E-state index in [9.17, 15) is 9.59 Å². The van der Waals surface area contributed by atoms with Crippen molar-refractivity contribution in [3.8, 4) is 11.5 Å². The Morgan fingerprint density at radius 3 is 2.29 bits per heavy atom. The van der Waals surface area contributed by atoms with E-state index in [2.05, 4.69) is 26.1 Å². The number of carbonyl (C=O) groups is 2. The second-order valence-electron chi connectivity index (χ2n) is 9.40. The van der Waals surface area contributed by atoms with E-state index in [1.807, 2.05) is 56.3 Å². The normalized spacial score (nSPS) is 13.8. The highest BCUT2D eigenvalue weighted by molar-refractivity contribution is 5.97. The van der Waals surface area contributed by atoms with Gasteiger partial charge < -0.3 is 19.7 Å². The van der Waals surface area contributed by atoms with Crippen molar-refractivity contribution < 1.29 is 19.1 Å². The van der Waals surface area contributed by atoms with Crippen LogP contribution in [0, 0.1) is 5.92 Å². The van der Waals surface area contributed by atoms with Crippen LogP contribution in [0.1, 0.15) is 56.1 Å². The minimum Gasteiger partial charge on any atom is -0.454 e. The standard InChI is InChI=1S/C25H32N2O4/c1-16(2)22(26-23(28)18-8-10-19(11-9-18)25(3,4)5)24(29)27(6)14-17-7-12-20-21(13-17)31-15-30-20/h7-13,16,22H,14-15H2,1-6H3,(H,26,28). The molecule has 0 aromatic heterocycles. The van der Waals surface area contributed by atoms with Crippen LogP contribution < -0.4 is 14.8 Å². The van der Waals surface area contributed by atoms with Gasteiger partial charge in [-0.3, -0.25) is 9.59 Å². The third-order valence-electron chi connectivity index (χ3n) is 5.47. The number of carbonyl (C=O) groups excluding carboxylic acids is 2. The second kappa shape index (κ2) is 9.00. The van der Waals surface area contributed by atoms with E-state index >= 15 is 0 Å². The van der Waals surface area contributed by atoms with Crippen molar-refractivity contribution in [2.24, 2.45) is 5.92 Å². The molecule has 1 heterocycles. The number of ether oxygens (including phenoxy) is 2. The van der Waals surface area contributed by atoms with Crippen molar-refractivity contribution in [1.82, 2.24) is 10.2 Å². The molecule has 2 amide bonds. The van der Waals surface area contributed by atoms with Crippen LogP contribution in [0.2, 0.25) is 0 Å². The molecule has 6 nitrogen and oxygen atoms in total. The number of hydrogen-bond donors (Lipinski definition) is 1. The largest absolute Gasteiger partial charge is 0.454 e. The molecule has 0 saturated heterocycles. The maximum Gasteiger partial charge on any atom is 0.251 e. The summed E-state index contributed by atoms with van der Waals surface area (Å²) in [5, 5.41) is 2.92. The highest BCUT2D eigenvalue weighted by Gasteiger charge is 2.28. The fourth-order valence-electron chi connectivity index (χ4n) is 3.49. The van der Waals surface area contributed by atoms with Crippen LogP contribution in [0.5, 0.6) is 11.5 Å². The van der Waals surface area contributed by atoms with Gasteiger partial charge in [0.05, 0.1) is 0 Å². The van der Waals surface area contributed by atoms with Crippen LogP contribution in [-0.4, -0.2) is 36.6 Å². The second-order valence-corrected chi connectivity index (χ2v) is 9.40. The van der Waals surface area contributed by atoms with Gasteiger partial charge in [-0.25, -0.2) is 0 Å². The summed E-state index contributed by atoms with van der Waals surface area (Å²) in [7, 11) is 1.74. The van der Waals surface area contributed by atoms with Crippen molar-refractivity contribution >= 4 is 11.8 Å². The Balaban J connectivity index is 1.67. The van der Waals surface area contributed by atoms with Gasteiger partial charge >= 0.3 is 0 Å². The Morgan fingerprint density at radius 1 is 1.03 bits per heavy atom. The highest BCUT2D eigenvalue weighted by Crippen LogP contribution is 2.32. The molecular weight excluding hydrogens is 392 g/mol. The molecule has 3 rings (SSSR count). The molecule has 1 aliphatic heterocycles. The monoisotopic (exact) mass is 424 g/mol. The molecule has 166 valence electrons. The van der Waals surface area contributed by atoms with Gasteiger partial charge in [0, 0.05) is 19.2 Å². The smallest absolute Gasteiger partial charge is 0.251 e. The van der Waals surface area contributed by atoms with Gasteiger partial charge in [0.25, 0.3) is 5.91 Å². The molecule has 6 heteroatoms. The van der Waals surface area contributed by atoms with E-state index in [0.29, 0.717) is 23.6 Å². The molecule has 0 bridgehead atoms. The van der Waals surface area contributed by atoms with Crippen molar-refractivity contribution in [3.63, 3.8) is 0 Å². The summed E-state index contributed by atoms with van der Waals surface area (Å²) in [5.74, 6) is 0.967. The summed E-state index contributed by atoms with van der Waals surface area (Å²) in [6.07, 6.45) is 0. The molecule has 1 aliphatic rings. The first kappa shape index (κ1) is 22.7.